The van der Waals surface area contributed by atoms with Gasteiger partial charge in [0, 0.05) is 25.1 Å². The highest BCUT2D eigenvalue weighted by Crippen LogP contribution is 2.56. The van der Waals surface area contributed by atoms with Crippen molar-refractivity contribution in [2.75, 3.05) is 14.2 Å². The predicted molar refractivity (Wildman–Crippen MR) is 98.0 cm³/mol. The van der Waals surface area contributed by atoms with E-state index in [-0.39, 0.29) is 17.4 Å². The second kappa shape index (κ2) is 6.89. The van der Waals surface area contributed by atoms with Gasteiger partial charge in [-0.05, 0) is 55.4 Å². The summed E-state index contributed by atoms with van der Waals surface area (Å²) in [6.45, 7) is 0. The second-order valence-electron chi connectivity index (χ2n) is 7.14. The van der Waals surface area contributed by atoms with E-state index in [2.05, 4.69) is 18.1 Å². The number of nitrogens with zero attached hydrogens (tertiary/aromatic N) is 2. The van der Waals surface area contributed by atoms with E-state index < -0.39 is 0 Å². The molecule has 0 aromatic heterocycles. The van der Waals surface area contributed by atoms with Crippen LogP contribution in [0.1, 0.15) is 48.4 Å². The van der Waals surface area contributed by atoms with Gasteiger partial charge in [-0.15, -0.1) is 6.42 Å². The number of ether oxygens (including phenoxy) is 1. The molecule has 2 N–H and O–H groups in total. The van der Waals surface area contributed by atoms with Gasteiger partial charge in [0.05, 0.1) is 12.1 Å². The van der Waals surface area contributed by atoms with Crippen LogP contribution in [0, 0.1) is 17.8 Å². The predicted octanol–water partition coefficient (Wildman–Crippen LogP) is 2.24. The van der Waals surface area contributed by atoms with Gasteiger partial charge >= 0.3 is 0 Å². The fourth-order valence-electron chi connectivity index (χ4n) is 4.24. The number of methoxy groups -OCH3 is 1. The molecule has 1 fully saturated rings. The van der Waals surface area contributed by atoms with E-state index in [9.17, 15) is 4.79 Å². The van der Waals surface area contributed by atoms with E-state index in [1.54, 1.807) is 14.2 Å². The molecule has 1 atom stereocenters. The minimum absolute atomic E-state index is 0.0267. The molecule has 1 saturated carbocycles. The minimum Gasteiger partial charge on any atom is -0.381 e. The average molecular weight is 339 g/mol. The topological polar surface area (TPSA) is 67.9 Å². The van der Waals surface area contributed by atoms with E-state index in [4.69, 9.17) is 21.9 Å². The van der Waals surface area contributed by atoms with E-state index >= 15 is 0 Å². The first kappa shape index (κ1) is 17.5. The molecule has 1 aromatic carbocycles. The van der Waals surface area contributed by atoms with Crippen LogP contribution in [0.5, 0.6) is 0 Å². The number of hydrogen-bond acceptors (Lipinski definition) is 3. The lowest BCUT2D eigenvalue weighted by atomic mass is 9.68. The number of aliphatic imine (C=N–C) groups is 1. The number of guanidine groups is 1. The van der Waals surface area contributed by atoms with Crippen LogP contribution in [0.25, 0.3) is 0 Å². The van der Waals surface area contributed by atoms with Crippen molar-refractivity contribution in [1.82, 2.24) is 4.90 Å². The molecule has 2 aliphatic rings. The van der Waals surface area contributed by atoms with E-state index in [1.807, 2.05) is 6.07 Å². The Morgan fingerprint density at radius 1 is 1.48 bits per heavy atom. The first-order valence-corrected chi connectivity index (χ1v) is 8.66. The molecule has 0 aliphatic heterocycles. The summed E-state index contributed by atoms with van der Waals surface area (Å²) in [6, 6.07) is 6.08. The lowest BCUT2D eigenvalue weighted by Gasteiger charge is -2.40. The summed E-state index contributed by atoms with van der Waals surface area (Å²) < 4.78 is 5.54. The molecule has 1 aromatic rings. The number of fused-ring (bicyclic) bond motifs is 1. The number of hydrogen-bond donors (Lipinski definition) is 1. The minimum atomic E-state index is -0.0731. The van der Waals surface area contributed by atoms with E-state index in [0.29, 0.717) is 12.5 Å². The van der Waals surface area contributed by atoms with Crippen molar-refractivity contribution in [3.63, 3.8) is 0 Å². The van der Waals surface area contributed by atoms with Crippen molar-refractivity contribution in [1.29, 1.82) is 0 Å². The smallest absolute Gasteiger partial charge is 0.216 e. The number of nitrogens with two attached hydrogens (primary N) is 1. The molecule has 0 radical (unpaired) electrons. The maximum absolute atomic E-state index is 11.0. The van der Waals surface area contributed by atoms with Crippen molar-refractivity contribution < 1.29 is 9.53 Å². The molecule has 132 valence electrons. The average Bonchev–Trinajstić information content (AvgIpc) is 2.93. The summed E-state index contributed by atoms with van der Waals surface area (Å²) >= 11 is 0. The monoisotopic (exact) mass is 339 g/mol. The van der Waals surface area contributed by atoms with Crippen LogP contribution in [0.15, 0.2) is 23.2 Å². The van der Waals surface area contributed by atoms with Crippen LogP contribution in [-0.2, 0) is 16.0 Å². The fraction of sp³-hybridized carbons (Fsp3) is 0.500. The van der Waals surface area contributed by atoms with Crippen LogP contribution in [0.3, 0.4) is 0 Å². The van der Waals surface area contributed by atoms with Gasteiger partial charge in [0.15, 0.2) is 5.96 Å². The van der Waals surface area contributed by atoms with Gasteiger partial charge in [-0.1, -0.05) is 12.0 Å². The highest BCUT2D eigenvalue weighted by Gasteiger charge is 2.48. The van der Waals surface area contributed by atoms with Crippen LogP contribution < -0.4 is 5.73 Å². The molecular formula is C20H25N3O2. The Morgan fingerprint density at radius 3 is 2.80 bits per heavy atom. The normalized spacial score (nSPS) is 28.4. The molecule has 1 unspecified atom stereocenters. The number of terminal acetylenes is 1. The highest BCUT2D eigenvalue weighted by atomic mass is 16.5. The van der Waals surface area contributed by atoms with Crippen LogP contribution in [0.4, 0.5) is 0 Å². The largest absolute Gasteiger partial charge is 0.381 e. The maximum atomic E-state index is 11.0. The summed E-state index contributed by atoms with van der Waals surface area (Å²) in [5.74, 6) is 2.95. The zero-order chi connectivity index (χ0) is 18.0. The number of rotatable bonds is 3. The van der Waals surface area contributed by atoms with Gasteiger partial charge < -0.3 is 10.5 Å². The van der Waals surface area contributed by atoms with Crippen molar-refractivity contribution >= 4 is 12.4 Å². The van der Waals surface area contributed by atoms with Gasteiger partial charge in [-0.3, -0.25) is 9.69 Å². The van der Waals surface area contributed by atoms with Crippen LogP contribution in [0.2, 0.25) is 0 Å². The summed E-state index contributed by atoms with van der Waals surface area (Å²) in [7, 11) is 3.39. The summed E-state index contributed by atoms with van der Waals surface area (Å²) in [5.41, 5.74) is 9.37. The molecule has 0 saturated heterocycles. The highest BCUT2D eigenvalue weighted by molar-refractivity contribution is 5.87. The molecule has 0 bridgehead atoms. The molecule has 0 heterocycles. The lowest BCUT2D eigenvalue weighted by molar-refractivity contribution is -0.114. The van der Waals surface area contributed by atoms with Gasteiger partial charge in [0.1, 0.15) is 0 Å². The second-order valence-corrected chi connectivity index (χ2v) is 7.14. The summed E-state index contributed by atoms with van der Waals surface area (Å²) in [5, 5.41) is 0. The number of amides is 1. The molecule has 2 aliphatic carbocycles. The number of carbonyl (C=O) groups is 1. The van der Waals surface area contributed by atoms with Gasteiger partial charge in [0.2, 0.25) is 6.41 Å². The summed E-state index contributed by atoms with van der Waals surface area (Å²) in [6.07, 6.45) is 11.6. The Morgan fingerprint density at radius 2 is 2.20 bits per heavy atom. The quantitative estimate of drug-likeness (QED) is 0.397. The van der Waals surface area contributed by atoms with E-state index in [0.717, 1.165) is 43.2 Å². The third kappa shape index (κ3) is 3.14. The fourth-order valence-corrected chi connectivity index (χ4v) is 4.24. The summed E-state index contributed by atoms with van der Waals surface area (Å²) in [4.78, 5) is 17.1. The number of carbonyl (C=O) groups excluding carboxylic acids is 1. The van der Waals surface area contributed by atoms with Gasteiger partial charge in [-0.2, -0.15) is 0 Å². The SMILES string of the molecule is C#Cc1ccc2c(c1)C(N=C(N)N(C)C=O)C1(CCC(OC)CC1)C2. The van der Waals surface area contributed by atoms with Gasteiger partial charge in [0.25, 0.3) is 0 Å². The molecule has 1 spiro atoms. The lowest BCUT2D eigenvalue weighted by Crippen LogP contribution is -2.37. The van der Waals surface area contributed by atoms with E-state index in [1.165, 1.54) is 10.5 Å². The Hall–Kier alpha value is -2.32. The standard InChI is InChI=1S/C20H25N3O2/c1-4-14-5-6-15-12-20(9-7-16(25-3)8-10-20)18(17(15)11-14)22-19(21)23(2)13-24/h1,5-6,11,13,16,18H,7-10,12H2,2-3H3,(H2,21,22). The Balaban J connectivity index is 2.01. The third-order valence-electron chi connectivity index (χ3n) is 5.77. The molecule has 3 rings (SSSR count). The van der Waals surface area contributed by atoms with Crippen molar-refractivity contribution in [3.05, 3.63) is 34.9 Å². The number of benzene rings is 1. The first-order valence-electron chi connectivity index (χ1n) is 8.66. The van der Waals surface area contributed by atoms with Crippen LogP contribution >= 0.6 is 0 Å². The molecule has 1 amide bonds. The Labute approximate surface area is 149 Å². The van der Waals surface area contributed by atoms with Crippen molar-refractivity contribution in [3.8, 4) is 12.3 Å². The van der Waals surface area contributed by atoms with Gasteiger partial charge in [-0.25, -0.2) is 4.99 Å². The Kier molecular flexibility index (Phi) is 4.82. The van der Waals surface area contributed by atoms with Crippen molar-refractivity contribution in [2.45, 2.75) is 44.2 Å². The molecule has 25 heavy (non-hydrogen) atoms. The molecule has 5 nitrogen and oxygen atoms in total. The zero-order valence-corrected chi connectivity index (χ0v) is 14.9. The van der Waals surface area contributed by atoms with Crippen LogP contribution in [-0.4, -0.2) is 37.5 Å². The molecule has 5 heteroatoms. The van der Waals surface area contributed by atoms with Crippen molar-refractivity contribution in [2.24, 2.45) is 16.1 Å². The molecular weight excluding hydrogens is 314 g/mol. The first-order chi connectivity index (χ1) is 12.0. The Bertz CT molecular complexity index is 727. The zero-order valence-electron chi connectivity index (χ0n) is 14.9. The third-order valence-corrected chi connectivity index (χ3v) is 5.77. The maximum Gasteiger partial charge on any atom is 0.216 e.